The Kier molecular flexibility index (Phi) is 4.89. The lowest BCUT2D eigenvalue weighted by atomic mass is 9.92. The standard InChI is InChI=1S/C17H20N4O6/c1-17(6-10-3-4-11-12(5-10)27-9-26-11)15(24)21(16(25)20-17)8-14(23)19-7-13(22)18-2/h3-5H,6-9H2,1-2H3,(H,18,22)(H,19,23)(H,20,25)/t17-/m1/s1. The molecule has 1 aromatic rings. The highest BCUT2D eigenvalue weighted by Gasteiger charge is 2.48. The van der Waals surface area contributed by atoms with Crippen molar-refractivity contribution in [2.75, 3.05) is 26.9 Å². The third kappa shape index (κ3) is 3.78. The predicted octanol–water partition coefficient (Wildman–Crippen LogP) is -0.869. The second kappa shape index (κ2) is 7.14. The van der Waals surface area contributed by atoms with E-state index in [9.17, 15) is 19.2 Å². The normalized spacial score (nSPS) is 20.4. The van der Waals surface area contributed by atoms with Crippen molar-refractivity contribution in [3.8, 4) is 11.5 Å². The minimum atomic E-state index is -1.19. The number of amides is 5. The van der Waals surface area contributed by atoms with Gasteiger partial charge in [-0.25, -0.2) is 4.79 Å². The molecule has 2 aliphatic heterocycles. The maximum absolute atomic E-state index is 12.7. The number of imide groups is 1. The highest BCUT2D eigenvalue weighted by Crippen LogP contribution is 2.34. The zero-order valence-electron chi connectivity index (χ0n) is 15.0. The van der Waals surface area contributed by atoms with Crippen LogP contribution in [0.25, 0.3) is 0 Å². The minimum absolute atomic E-state index is 0.144. The molecule has 2 aliphatic rings. The van der Waals surface area contributed by atoms with Crippen LogP contribution in [0.15, 0.2) is 18.2 Å². The molecule has 0 aliphatic carbocycles. The average molecular weight is 376 g/mol. The Morgan fingerprint density at radius 3 is 2.70 bits per heavy atom. The smallest absolute Gasteiger partial charge is 0.325 e. The number of hydrogen-bond donors (Lipinski definition) is 3. The van der Waals surface area contributed by atoms with E-state index in [0.717, 1.165) is 10.5 Å². The molecule has 5 amide bonds. The molecule has 0 radical (unpaired) electrons. The van der Waals surface area contributed by atoms with Gasteiger partial charge < -0.3 is 25.4 Å². The molecular formula is C17H20N4O6. The van der Waals surface area contributed by atoms with Gasteiger partial charge in [-0.2, -0.15) is 0 Å². The molecule has 0 unspecified atom stereocenters. The van der Waals surface area contributed by atoms with Gasteiger partial charge in [-0.1, -0.05) is 6.07 Å². The highest BCUT2D eigenvalue weighted by molar-refractivity contribution is 6.09. The molecule has 27 heavy (non-hydrogen) atoms. The van der Waals surface area contributed by atoms with Gasteiger partial charge in [0.15, 0.2) is 11.5 Å². The van der Waals surface area contributed by atoms with E-state index >= 15 is 0 Å². The first-order valence-corrected chi connectivity index (χ1v) is 8.32. The van der Waals surface area contributed by atoms with Gasteiger partial charge in [-0.15, -0.1) is 0 Å². The largest absolute Gasteiger partial charge is 0.454 e. The van der Waals surface area contributed by atoms with Gasteiger partial charge in [0.25, 0.3) is 5.91 Å². The van der Waals surface area contributed by atoms with E-state index in [0.29, 0.717) is 11.5 Å². The number of nitrogens with one attached hydrogen (secondary N) is 3. The van der Waals surface area contributed by atoms with Gasteiger partial charge >= 0.3 is 6.03 Å². The molecule has 144 valence electrons. The van der Waals surface area contributed by atoms with Crippen molar-refractivity contribution < 1.29 is 28.7 Å². The van der Waals surface area contributed by atoms with Crippen LogP contribution in [-0.2, 0) is 20.8 Å². The van der Waals surface area contributed by atoms with Crippen LogP contribution >= 0.6 is 0 Å². The molecule has 0 spiro atoms. The predicted molar refractivity (Wildman–Crippen MR) is 92.0 cm³/mol. The molecule has 1 atom stereocenters. The van der Waals surface area contributed by atoms with Crippen molar-refractivity contribution in [1.29, 1.82) is 0 Å². The lowest BCUT2D eigenvalue weighted by Gasteiger charge is -2.21. The van der Waals surface area contributed by atoms with E-state index in [1.807, 2.05) is 0 Å². The quantitative estimate of drug-likeness (QED) is 0.554. The molecule has 1 saturated heterocycles. The highest BCUT2D eigenvalue weighted by atomic mass is 16.7. The first-order valence-electron chi connectivity index (χ1n) is 8.32. The molecule has 3 N–H and O–H groups in total. The number of likely N-dealkylation sites (N-methyl/N-ethyl adjacent to an activating group) is 1. The van der Waals surface area contributed by atoms with E-state index < -0.39 is 29.9 Å². The van der Waals surface area contributed by atoms with Crippen LogP contribution in [0.1, 0.15) is 12.5 Å². The number of carbonyl (C=O) groups excluding carboxylic acids is 4. The topological polar surface area (TPSA) is 126 Å². The van der Waals surface area contributed by atoms with Gasteiger partial charge in [0.2, 0.25) is 18.6 Å². The zero-order chi connectivity index (χ0) is 19.6. The first kappa shape index (κ1) is 18.5. The number of benzene rings is 1. The molecule has 10 nitrogen and oxygen atoms in total. The van der Waals surface area contributed by atoms with E-state index in [2.05, 4.69) is 16.0 Å². The third-order valence-electron chi connectivity index (χ3n) is 4.37. The van der Waals surface area contributed by atoms with Gasteiger partial charge in [-0.05, 0) is 24.6 Å². The van der Waals surface area contributed by atoms with E-state index in [1.165, 1.54) is 7.05 Å². The van der Waals surface area contributed by atoms with E-state index in [-0.39, 0.29) is 25.7 Å². The molecule has 1 fully saturated rings. The summed E-state index contributed by atoms with van der Waals surface area (Å²) in [5, 5.41) is 7.34. The number of urea groups is 1. The maximum Gasteiger partial charge on any atom is 0.325 e. The van der Waals surface area contributed by atoms with Crippen LogP contribution in [-0.4, -0.2) is 61.1 Å². The number of ether oxygens (including phenoxy) is 2. The summed E-state index contributed by atoms with van der Waals surface area (Å²) in [6.45, 7) is 1.05. The molecule has 2 heterocycles. The lowest BCUT2D eigenvalue weighted by Crippen LogP contribution is -2.47. The number of carbonyl (C=O) groups is 4. The van der Waals surface area contributed by atoms with Crippen LogP contribution in [0.2, 0.25) is 0 Å². The Labute approximate surface area is 155 Å². The lowest BCUT2D eigenvalue weighted by molar-refractivity contribution is -0.134. The van der Waals surface area contributed by atoms with Crippen molar-refractivity contribution in [3.63, 3.8) is 0 Å². The van der Waals surface area contributed by atoms with Crippen LogP contribution in [0, 0.1) is 0 Å². The Morgan fingerprint density at radius 2 is 1.96 bits per heavy atom. The number of nitrogens with zero attached hydrogens (tertiary/aromatic N) is 1. The van der Waals surface area contributed by atoms with Crippen LogP contribution in [0.3, 0.4) is 0 Å². The summed E-state index contributed by atoms with van der Waals surface area (Å²) in [4.78, 5) is 48.8. The fourth-order valence-corrected chi connectivity index (χ4v) is 2.94. The third-order valence-corrected chi connectivity index (χ3v) is 4.37. The second-order valence-electron chi connectivity index (χ2n) is 6.47. The molecular weight excluding hydrogens is 356 g/mol. The molecule has 10 heteroatoms. The van der Waals surface area contributed by atoms with Crippen molar-refractivity contribution in [3.05, 3.63) is 23.8 Å². The summed E-state index contributed by atoms with van der Waals surface area (Å²) in [5.41, 5.74) is -0.410. The fraction of sp³-hybridized carbons (Fsp3) is 0.412. The van der Waals surface area contributed by atoms with Crippen molar-refractivity contribution in [2.24, 2.45) is 0 Å². The van der Waals surface area contributed by atoms with Gasteiger partial charge in [-0.3, -0.25) is 19.3 Å². The van der Waals surface area contributed by atoms with Gasteiger partial charge in [0.05, 0.1) is 6.54 Å². The SMILES string of the molecule is CNC(=O)CNC(=O)CN1C(=O)N[C@](C)(Cc2ccc3c(c2)OCO3)C1=O. The van der Waals surface area contributed by atoms with E-state index in [1.54, 1.807) is 25.1 Å². The number of rotatable bonds is 6. The molecule has 0 bridgehead atoms. The fourth-order valence-electron chi connectivity index (χ4n) is 2.94. The van der Waals surface area contributed by atoms with Crippen LogP contribution < -0.4 is 25.4 Å². The summed E-state index contributed by atoms with van der Waals surface area (Å²) in [6.07, 6.45) is 0.227. The maximum atomic E-state index is 12.7. The Balaban J connectivity index is 1.65. The number of fused-ring (bicyclic) bond motifs is 1. The monoisotopic (exact) mass is 376 g/mol. The number of hydrogen-bond acceptors (Lipinski definition) is 6. The Bertz CT molecular complexity index is 811. The van der Waals surface area contributed by atoms with Crippen molar-refractivity contribution >= 4 is 23.8 Å². The summed E-state index contributed by atoms with van der Waals surface area (Å²) < 4.78 is 10.6. The van der Waals surface area contributed by atoms with Crippen molar-refractivity contribution in [2.45, 2.75) is 18.9 Å². The summed E-state index contributed by atoms with van der Waals surface area (Å²) in [5.74, 6) is -0.290. The molecule has 1 aromatic carbocycles. The molecule has 0 aromatic heterocycles. The Hall–Kier alpha value is -3.30. The summed E-state index contributed by atoms with van der Waals surface area (Å²) in [7, 11) is 1.44. The zero-order valence-corrected chi connectivity index (χ0v) is 15.0. The average Bonchev–Trinajstić information content (AvgIpc) is 3.17. The molecule has 0 saturated carbocycles. The van der Waals surface area contributed by atoms with Gasteiger partial charge in [0.1, 0.15) is 12.1 Å². The second-order valence-corrected chi connectivity index (χ2v) is 6.47. The summed E-state index contributed by atoms with van der Waals surface area (Å²) in [6, 6.07) is 4.63. The van der Waals surface area contributed by atoms with Crippen LogP contribution in [0.4, 0.5) is 4.79 Å². The van der Waals surface area contributed by atoms with Crippen LogP contribution in [0.5, 0.6) is 11.5 Å². The van der Waals surface area contributed by atoms with Crippen molar-refractivity contribution in [1.82, 2.24) is 20.9 Å². The molecule has 3 rings (SSSR count). The van der Waals surface area contributed by atoms with E-state index in [4.69, 9.17) is 9.47 Å². The first-order chi connectivity index (χ1) is 12.8. The Morgan fingerprint density at radius 1 is 1.22 bits per heavy atom. The minimum Gasteiger partial charge on any atom is -0.454 e. The summed E-state index contributed by atoms with van der Waals surface area (Å²) >= 11 is 0. The van der Waals surface area contributed by atoms with Gasteiger partial charge in [0, 0.05) is 13.5 Å².